The molecule has 104 valence electrons. The molecule has 4 nitrogen and oxygen atoms in total. The van der Waals surface area contributed by atoms with Gasteiger partial charge in [0, 0.05) is 12.6 Å². The molecule has 0 radical (unpaired) electrons. The Kier molecular flexibility index (Phi) is 3.05. The van der Waals surface area contributed by atoms with Crippen molar-refractivity contribution >= 4 is 29.2 Å². The van der Waals surface area contributed by atoms with E-state index in [4.69, 9.17) is 16.3 Å². The third-order valence-electron chi connectivity index (χ3n) is 3.89. The lowest BCUT2D eigenvalue weighted by atomic mass is 9.70. The fraction of sp³-hybridized carbons (Fsp3) is 0.333. The quantitative estimate of drug-likeness (QED) is 0.491. The Labute approximate surface area is 121 Å². The molecule has 0 saturated heterocycles. The van der Waals surface area contributed by atoms with E-state index in [2.05, 4.69) is 5.32 Å². The molecule has 3 rings (SSSR count). The van der Waals surface area contributed by atoms with Crippen molar-refractivity contribution < 1.29 is 14.3 Å². The number of halogens is 1. The topological polar surface area (TPSA) is 55.4 Å². The molecule has 1 aliphatic carbocycles. The van der Waals surface area contributed by atoms with Crippen molar-refractivity contribution in [2.45, 2.75) is 30.2 Å². The number of hydrogen-bond acceptors (Lipinski definition) is 3. The Morgan fingerprint density at radius 1 is 1.45 bits per heavy atom. The molecule has 0 saturated carbocycles. The zero-order valence-corrected chi connectivity index (χ0v) is 11.7. The van der Waals surface area contributed by atoms with E-state index in [-0.39, 0.29) is 5.91 Å². The van der Waals surface area contributed by atoms with Crippen LogP contribution in [0.4, 0.5) is 5.69 Å². The van der Waals surface area contributed by atoms with Crippen molar-refractivity contribution in [3.8, 4) is 0 Å². The predicted octanol–water partition coefficient (Wildman–Crippen LogP) is 2.38. The van der Waals surface area contributed by atoms with Gasteiger partial charge < -0.3 is 10.1 Å². The second-order valence-electron chi connectivity index (χ2n) is 5.03. The summed E-state index contributed by atoms with van der Waals surface area (Å²) in [6.07, 6.45) is 3.48. The second kappa shape index (κ2) is 4.63. The van der Waals surface area contributed by atoms with Crippen molar-refractivity contribution in [1.29, 1.82) is 0 Å². The monoisotopic (exact) mass is 291 g/mol. The molecule has 2 aliphatic rings. The second-order valence-corrected chi connectivity index (χ2v) is 5.56. The fourth-order valence-corrected chi connectivity index (χ4v) is 3.49. The summed E-state index contributed by atoms with van der Waals surface area (Å²) in [7, 11) is 0. The van der Waals surface area contributed by atoms with Crippen molar-refractivity contribution in [3.05, 3.63) is 42.0 Å². The summed E-state index contributed by atoms with van der Waals surface area (Å²) >= 11 is 6.48. The number of nitrogens with one attached hydrogen (secondary N) is 1. The van der Waals surface area contributed by atoms with Gasteiger partial charge in [-0.25, -0.2) is 0 Å². The first kappa shape index (κ1) is 13.2. The molecule has 1 spiro atoms. The minimum Gasteiger partial charge on any atom is -0.457 e. The number of para-hydroxylation sites is 1. The molecule has 1 amide bonds. The number of carbonyl (C=O) groups excluding carboxylic acids is 2. The summed E-state index contributed by atoms with van der Waals surface area (Å²) < 4.78 is 5.36. The van der Waals surface area contributed by atoms with E-state index in [0.29, 0.717) is 6.42 Å². The maximum Gasteiger partial charge on any atom is 0.303 e. The highest BCUT2D eigenvalue weighted by Gasteiger charge is 2.58. The zero-order valence-electron chi connectivity index (χ0n) is 10.9. The van der Waals surface area contributed by atoms with Crippen molar-refractivity contribution in [2.24, 2.45) is 0 Å². The maximum absolute atomic E-state index is 12.6. The Morgan fingerprint density at radius 2 is 2.20 bits per heavy atom. The van der Waals surface area contributed by atoms with Crippen LogP contribution in [0.5, 0.6) is 0 Å². The lowest BCUT2D eigenvalue weighted by molar-refractivity contribution is -0.149. The van der Waals surface area contributed by atoms with Gasteiger partial charge in [0.15, 0.2) is 0 Å². The number of carbonyl (C=O) groups is 2. The third-order valence-corrected chi connectivity index (χ3v) is 4.41. The van der Waals surface area contributed by atoms with Gasteiger partial charge in [-0.1, -0.05) is 24.3 Å². The number of anilines is 1. The number of fused-ring (bicyclic) bond motifs is 2. The number of ether oxygens (including phenoxy) is 1. The smallest absolute Gasteiger partial charge is 0.303 e. The SMILES string of the molecule is CC(=O)O[C@H]1C=CC[C@H](Cl)[C@@]12C(=O)Nc1ccccc12. The van der Waals surface area contributed by atoms with Gasteiger partial charge in [0.05, 0.1) is 5.38 Å². The van der Waals surface area contributed by atoms with Gasteiger partial charge in [-0.3, -0.25) is 9.59 Å². The molecule has 1 aliphatic heterocycles. The summed E-state index contributed by atoms with van der Waals surface area (Å²) in [6, 6.07) is 7.39. The van der Waals surface area contributed by atoms with Gasteiger partial charge in [0.2, 0.25) is 5.91 Å². The van der Waals surface area contributed by atoms with Crippen LogP contribution in [0.3, 0.4) is 0 Å². The lowest BCUT2D eigenvalue weighted by Gasteiger charge is -2.39. The third kappa shape index (κ3) is 1.68. The Hall–Kier alpha value is -1.81. The molecule has 1 aromatic carbocycles. The van der Waals surface area contributed by atoms with Gasteiger partial charge in [0.25, 0.3) is 0 Å². The van der Waals surface area contributed by atoms with Crippen molar-refractivity contribution in [2.75, 3.05) is 5.32 Å². The number of rotatable bonds is 1. The number of hydrogen-bond donors (Lipinski definition) is 1. The highest BCUT2D eigenvalue weighted by atomic mass is 35.5. The molecular weight excluding hydrogens is 278 g/mol. The maximum atomic E-state index is 12.6. The number of amides is 1. The Bertz CT molecular complexity index is 613. The number of benzene rings is 1. The van der Waals surface area contributed by atoms with E-state index in [0.717, 1.165) is 11.3 Å². The molecular formula is C15H14ClNO3. The van der Waals surface area contributed by atoms with Crippen LogP contribution in [0.1, 0.15) is 18.9 Å². The van der Waals surface area contributed by atoms with Crippen molar-refractivity contribution in [3.63, 3.8) is 0 Å². The highest BCUT2D eigenvalue weighted by molar-refractivity contribution is 6.26. The summed E-state index contributed by atoms with van der Waals surface area (Å²) in [6.45, 7) is 1.33. The van der Waals surface area contributed by atoms with Gasteiger partial charge in [0.1, 0.15) is 11.5 Å². The van der Waals surface area contributed by atoms with Crippen LogP contribution in [0.15, 0.2) is 36.4 Å². The van der Waals surface area contributed by atoms with E-state index in [9.17, 15) is 9.59 Å². The van der Waals surface area contributed by atoms with Crippen LogP contribution in [0, 0.1) is 0 Å². The van der Waals surface area contributed by atoms with Crippen LogP contribution in [-0.4, -0.2) is 23.4 Å². The first-order valence-electron chi connectivity index (χ1n) is 6.45. The van der Waals surface area contributed by atoms with E-state index >= 15 is 0 Å². The minimum atomic E-state index is -1.04. The number of esters is 1. The summed E-state index contributed by atoms with van der Waals surface area (Å²) in [4.78, 5) is 23.9. The summed E-state index contributed by atoms with van der Waals surface area (Å²) in [5.41, 5.74) is 0.481. The van der Waals surface area contributed by atoms with Gasteiger partial charge >= 0.3 is 5.97 Å². The van der Waals surface area contributed by atoms with E-state index < -0.39 is 22.9 Å². The summed E-state index contributed by atoms with van der Waals surface area (Å²) in [5, 5.41) is 2.39. The highest BCUT2D eigenvalue weighted by Crippen LogP contribution is 2.48. The number of allylic oxidation sites excluding steroid dienone is 1. The number of alkyl halides is 1. The molecule has 0 aromatic heterocycles. The molecule has 1 N–H and O–H groups in total. The lowest BCUT2D eigenvalue weighted by Crippen LogP contribution is -2.54. The normalized spacial score (nSPS) is 31.0. The van der Waals surface area contributed by atoms with Gasteiger partial charge in [-0.2, -0.15) is 0 Å². The molecule has 0 fully saturated rings. The minimum absolute atomic E-state index is 0.214. The molecule has 0 unspecified atom stereocenters. The van der Waals surface area contributed by atoms with Crippen molar-refractivity contribution in [1.82, 2.24) is 0 Å². The Balaban J connectivity index is 2.18. The largest absolute Gasteiger partial charge is 0.457 e. The average molecular weight is 292 g/mol. The standard InChI is InChI=1S/C15H14ClNO3/c1-9(18)20-13-8-4-7-12(16)15(13)10-5-2-3-6-11(10)17-14(15)19/h2-6,8,12-13H,7H2,1H3,(H,17,19)/t12-,13-,15+/m0/s1. The first-order valence-corrected chi connectivity index (χ1v) is 6.89. The molecule has 1 heterocycles. The van der Waals surface area contributed by atoms with Gasteiger partial charge in [-0.15, -0.1) is 11.6 Å². The zero-order chi connectivity index (χ0) is 14.3. The van der Waals surface area contributed by atoms with Crippen LogP contribution in [0.2, 0.25) is 0 Å². The first-order chi connectivity index (χ1) is 9.56. The van der Waals surface area contributed by atoms with Crippen LogP contribution >= 0.6 is 11.6 Å². The van der Waals surface area contributed by atoms with E-state index in [1.54, 1.807) is 6.08 Å². The molecule has 3 atom stereocenters. The van der Waals surface area contributed by atoms with Gasteiger partial charge in [-0.05, 0) is 24.1 Å². The molecule has 5 heteroatoms. The molecule has 0 bridgehead atoms. The Morgan fingerprint density at radius 3 is 2.95 bits per heavy atom. The average Bonchev–Trinajstić information content (AvgIpc) is 2.68. The van der Waals surface area contributed by atoms with Crippen LogP contribution in [0.25, 0.3) is 0 Å². The van der Waals surface area contributed by atoms with E-state index in [1.807, 2.05) is 30.3 Å². The predicted molar refractivity (Wildman–Crippen MR) is 75.7 cm³/mol. The summed E-state index contributed by atoms with van der Waals surface area (Å²) in [5.74, 6) is -0.642. The molecule has 1 aromatic rings. The van der Waals surface area contributed by atoms with Crippen LogP contribution < -0.4 is 5.32 Å². The van der Waals surface area contributed by atoms with Crippen LogP contribution in [-0.2, 0) is 19.7 Å². The molecule has 20 heavy (non-hydrogen) atoms. The van der Waals surface area contributed by atoms with E-state index in [1.165, 1.54) is 6.92 Å². The fourth-order valence-electron chi connectivity index (χ4n) is 3.04.